The molecule has 0 aliphatic carbocycles. The molecule has 2 atom stereocenters. The van der Waals surface area contributed by atoms with Crippen LogP contribution in [-0.4, -0.2) is 32.0 Å². The fraction of sp³-hybridized carbons (Fsp3) is 0.294. The molecule has 1 aromatic heterocycles. The fourth-order valence-corrected chi connectivity index (χ4v) is 5.72. The van der Waals surface area contributed by atoms with E-state index in [0.717, 1.165) is 3.79 Å². The molecule has 0 saturated heterocycles. The van der Waals surface area contributed by atoms with Gasteiger partial charge in [0.05, 0.1) is 25.4 Å². The number of carbonyl (C=O) groups is 2. The van der Waals surface area contributed by atoms with Crippen molar-refractivity contribution in [3.8, 4) is 0 Å². The molecule has 0 radical (unpaired) electrons. The zero-order chi connectivity index (χ0) is 18.9. The van der Waals surface area contributed by atoms with E-state index in [1.54, 1.807) is 43.3 Å². The van der Waals surface area contributed by atoms with Crippen molar-refractivity contribution in [3.63, 3.8) is 0 Å². The number of benzene rings is 1. The molecular formula is C17H17BrN2O4S2. The number of thiophene rings is 1. The Morgan fingerprint density at radius 2 is 1.96 bits per heavy atom. The van der Waals surface area contributed by atoms with Gasteiger partial charge in [-0.05, 0) is 53.0 Å². The largest absolute Gasteiger partial charge is 0.347 e. The number of carbonyl (C=O) groups excluding carboxylic acids is 2. The summed E-state index contributed by atoms with van der Waals surface area (Å²) < 4.78 is 25.2. The maximum atomic E-state index is 12.5. The predicted octanol–water partition coefficient (Wildman–Crippen LogP) is 2.66. The SMILES string of the molecule is CC(NC(=O)c1ccc(Br)s1)C(=O)NC1CCS(=O)(=O)c2ccccc21. The van der Waals surface area contributed by atoms with Gasteiger partial charge in [-0.1, -0.05) is 18.2 Å². The van der Waals surface area contributed by atoms with E-state index in [0.29, 0.717) is 16.9 Å². The minimum Gasteiger partial charge on any atom is -0.347 e. The first-order chi connectivity index (χ1) is 12.3. The summed E-state index contributed by atoms with van der Waals surface area (Å²) in [5.41, 5.74) is 0.591. The molecule has 0 saturated carbocycles. The normalized spacial score (nSPS) is 19.2. The van der Waals surface area contributed by atoms with Gasteiger partial charge in [-0.25, -0.2) is 8.42 Å². The van der Waals surface area contributed by atoms with Gasteiger partial charge in [0.1, 0.15) is 6.04 Å². The minimum absolute atomic E-state index is 0.0150. The van der Waals surface area contributed by atoms with Gasteiger partial charge in [0, 0.05) is 0 Å². The maximum Gasteiger partial charge on any atom is 0.262 e. The van der Waals surface area contributed by atoms with Crippen LogP contribution in [0.4, 0.5) is 0 Å². The van der Waals surface area contributed by atoms with Gasteiger partial charge in [-0.15, -0.1) is 11.3 Å². The first-order valence-electron chi connectivity index (χ1n) is 7.96. The number of amides is 2. The van der Waals surface area contributed by atoms with Crippen molar-refractivity contribution in [1.29, 1.82) is 0 Å². The monoisotopic (exact) mass is 456 g/mol. The van der Waals surface area contributed by atoms with E-state index in [2.05, 4.69) is 26.6 Å². The molecule has 26 heavy (non-hydrogen) atoms. The van der Waals surface area contributed by atoms with Crippen LogP contribution in [0.25, 0.3) is 0 Å². The molecule has 1 aliphatic heterocycles. The van der Waals surface area contributed by atoms with Gasteiger partial charge >= 0.3 is 0 Å². The van der Waals surface area contributed by atoms with Crippen molar-refractivity contribution in [3.05, 3.63) is 50.6 Å². The third-order valence-corrected chi connectivity index (χ3v) is 7.60. The molecule has 1 aliphatic rings. The van der Waals surface area contributed by atoms with E-state index in [9.17, 15) is 18.0 Å². The Balaban J connectivity index is 1.69. The molecule has 6 nitrogen and oxygen atoms in total. The van der Waals surface area contributed by atoms with Gasteiger partial charge in [-0.3, -0.25) is 9.59 Å². The Hall–Kier alpha value is -1.71. The molecular weight excluding hydrogens is 440 g/mol. The summed E-state index contributed by atoms with van der Waals surface area (Å²) in [7, 11) is -3.31. The molecule has 1 aromatic carbocycles. The Kier molecular flexibility index (Phi) is 5.50. The summed E-state index contributed by atoms with van der Waals surface area (Å²) in [6.07, 6.45) is 0.309. The number of hydrogen-bond donors (Lipinski definition) is 2. The van der Waals surface area contributed by atoms with Crippen molar-refractivity contribution in [2.45, 2.75) is 30.3 Å². The summed E-state index contributed by atoms with van der Waals surface area (Å²) in [6, 6.07) is 9.00. The van der Waals surface area contributed by atoms with Gasteiger partial charge < -0.3 is 10.6 Å². The highest BCUT2D eigenvalue weighted by atomic mass is 79.9. The lowest BCUT2D eigenvalue weighted by molar-refractivity contribution is -0.123. The van der Waals surface area contributed by atoms with Crippen LogP contribution >= 0.6 is 27.3 Å². The molecule has 2 unspecified atom stereocenters. The average molecular weight is 457 g/mol. The second-order valence-electron chi connectivity index (χ2n) is 6.01. The van der Waals surface area contributed by atoms with Crippen LogP contribution in [0.5, 0.6) is 0 Å². The van der Waals surface area contributed by atoms with Gasteiger partial charge in [-0.2, -0.15) is 0 Å². The molecule has 0 spiro atoms. The Bertz CT molecular complexity index is 955. The third-order valence-electron chi connectivity index (χ3n) is 4.16. The van der Waals surface area contributed by atoms with Crippen LogP contribution in [0, 0.1) is 0 Å². The molecule has 3 rings (SSSR count). The molecule has 2 aromatic rings. The van der Waals surface area contributed by atoms with Crippen LogP contribution in [0.2, 0.25) is 0 Å². The lowest BCUT2D eigenvalue weighted by Crippen LogP contribution is -2.46. The zero-order valence-electron chi connectivity index (χ0n) is 13.9. The number of sulfone groups is 1. The summed E-state index contributed by atoms with van der Waals surface area (Å²) in [4.78, 5) is 25.4. The third kappa shape index (κ3) is 3.99. The van der Waals surface area contributed by atoms with Crippen LogP contribution < -0.4 is 10.6 Å². The minimum atomic E-state index is -3.31. The van der Waals surface area contributed by atoms with E-state index >= 15 is 0 Å². The summed E-state index contributed by atoms with van der Waals surface area (Å²) in [6.45, 7) is 1.60. The average Bonchev–Trinajstić information content (AvgIpc) is 3.04. The number of hydrogen-bond acceptors (Lipinski definition) is 5. The summed E-state index contributed by atoms with van der Waals surface area (Å²) in [5.74, 6) is -0.693. The molecule has 0 bridgehead atoms. The number of nitrogens with one attached hydrogen (secondary N) is 2. The van der Waals surface area contributed by atoms with E-state index in [1.807, 2.05) is 0 Å². The van der Waals surface area contributed by atoms with Gasteiger partial charge in [0.2, 0.25) is 5.91 Å². The van der Waals surface area contributed by atoms with Crippen molar-refractivity contribution in [2.75, 3.05) is 5.75 Å². The van der Waals surface area contributed by atoms with Crippen molar-refractivity contribution in [2.24, 2.45) is 0 Å². The quantitative estimate of drug-likeness (QED) is 0.739. The molecule has 0 fully saturated rings. The number of halogens is 1. The van der Waals surface area contributed by atoms with Crippen molar-refractivity contribution >= 4 is 48.9 Å². The molecule has 2 heterocycles. The van der Waals surface area contributed by atoms with Crippen molar-refractivity contribution < 1.29 is 18.0 Å². The number of fused-ring (bicyclic) bond motifs is 1. The standard InChI is InChI=1S/C17H17BrN2O4S2/c1-10(19-17(22)13-6-7-15(18)25-13)16(21)20-12-8-9-26(23,24)14-5-3-2-4-11(12)14/h2-7,10,12H,8-9H2,1H3,(H,19,22)(H,20,21). The zero-order valence-corrected chi connectivity index (χ0v) is 17.1. The van der Waals surface area contributed by atoms with Crippen molar-refractivity contribution in [1.82, 2.24) is 10.6 Å². The smallest absolute Gasteiger partial charge is 0.262 e. The first-order valence-corrected chi connectivity index (χ1v) is 11.2. The highest BCUT2D eigenvalue weighted by Crippen LogP contribution is 2.31. The lowest BCUT2D eigenvalue weighted by Gasteiger charge is -2.27. The van der Waals surface area contributed by atoms with Crippen LogP contribution in [0.15, 0.2) is 45.1 Å². The van der Waals surface area contributed by atoms with E-state index in [1.165, 1.54) is 11.3 Å². The predicted molar refractivity (Wildman–Crippen MR) is 103 cm³/mol. The van der Waals surface area contributed by atoms with Crippen LogP contribution in [-0.2, 0) is 14.6 Å². The molecule has 2 amide bonds. The van der Waals surface area contributed by atoms with Crippen LogP contribution in [0.3, 0.4) is 0 Å². The second-order valence-corrected chi connectivity index (χ2v) is 10.5. The Morgan fingerprint density at radius 3 is 2.65 bits per heavy atom. The van der Waals surface area contributed by atoms with Crippen LogP contribution in [0.1, 0.15) is 34.6 Å². The van der Waals surface area contributed by atoms with E-state index in [4.69, 9.17) is 0 Å². The highest BCUT2D eigenvalue weighted by molar-refractivity contribution is 9.11. The second kappa shape index (κ2) is 7.50. The number of rotatable bonds is 4. The molecule has 9 heteroatoms. The topological polar surface area (TPSA) is 92.3 Å². The van der Waals surface area contributed by atoms with E-state index < -0.39 is 21.9 Å². The maximum absolute atomic E-state index is 12.5. The molecule has 2 N–H and O–H groups in total. The lowest BCUT2D eigenvalue weighted by atomic mass is 10.0. The van der Waals surface area contributed by atoms with Gasteiger partial charge in [0.15, 0.2) is 9.84 Å². The summed E-state index contributed by atoms with van der Waals surface area (Å²) in [5, 5.41) is 5.51. The Labute approximate surface area is 164 Å². The highest BCUT2D eigenvalue weighted by Gasteiger charge is 2.31. The Morgan fingerprint density at radius 1 is 1.23 bits per heavy atom. The summed E-state index contributed by atoms with van der Waals surface area (Å²) >= 11 is 4.58. The first kappa shape index (κ1) is 19.1. The fourth-order valence-electron chi connectivity index (χ4n) is 2.81. The van der Waals surface area contributed by atoms with E-state index in [-0.39, 0.29) is 22.5 Å². The molecule has 138 valence electrons. The van der Waals surface area contributed by atoms with Gasteiger partial charge in [0.25, 0.3) is 5.91 Å².